The van der Waals surface area contributed by atoms with E-state index in [0.29, 0.717) is 13.0 Å². The number of nitrogens with one attached hydrogen (secondary N) is 1. The van der Waals surface area contributed by atoms with Gasteiger partial charge in [0.2, 0.25) is 11.8 Å². The molecule has 0 aromatic heterocycles. The topological polar surface area (TPSA) is 52.7 Å². The van der Waals surface area contributed by atoms with Crippen molar-refractivity contribution in [2.24, 2.45) is 5.92 Å². The van der Waals surface area contributed by atoms with Gasteiger partial charge in [0.05, 0.1) is 0 Å². The van der Waals surface area contributed by atoms with Gasteiger partial charge in [-0.15, -0.1) is 0 Å². The van der Waals surface area contributed by atoms with Crippen LogP contribution in [0.5, 0.6) is 0 Å². The van der Waals surface area contributed by atoms with Gasteiger partial charge in [-0.05, 0) is 49.9 Å². The van der Waals surface area contributed by atoms with E-state index in [4.69, 9.17) is 0 Å². The average molecular weight is 345 g/mol. The van der Waals surface area contributed by atoms with Crippen LogP contribution in [0.15, 0.2) is 18.2 Å². The van der Waals surface area contributed by atoms with E-state index in [0.717, 1.165) is 36.2 Å². The van der Waals surface area contributed by atoms with Gasteiger partial charge in [0.25, 0.3) is 0 Å². The van der Waals surface area contributed by atoms with E-state index >= 15 is 0 Å². The molecule has 1 aliphatic carbocycles. The Hall–Kier alpha value is -2.04. The normalized spacial score (nSPS) is 14.8. The van der Waals surface area contributed by atoms with E-state index < -0.39 is 0 Å². The first kappa shape index (κ1) is 19.3. The van der Waals surface area contributed by atoms with Crippen LogP contribution < -0.4 is 10.2 Å². The summed E-state index contributed by atoms with van der Waals surface area (Å²) in [4.78, 5) is 28.4. The minimum Gasteiger partial charge on any atom is -0.377 e. The number of hydrogen-bond acceptors (Lipinski definition) is 3. The molecule has 138 valence electrons. The smallest absolute Gasteiger partial charge is 0.227 e. The lowest BCUT2D eigenvalue weighted by Crippen LogP contribution is -2.37. The molecular formula is C20H31N3O2. The lowest BCUT2D eigenvalue weighted by molar-refractivity contribution is -0.133. The molecule has 1 atom stereocenters. The van der Waals surface area contributed by atoms with Crippen LogP contribution in [0.1, 0.15) is 52.0 Å². The predicted octanol–water partition coefficient (Wildman–Crippen LogP) is 3.64. The Kier molecular flexibility index (Phi) is 6.45. The summed E-state index contributed by atoms with van der Waals surface area (Å²) >= 11 is 0. The first-order valence-corrected chi connectivity index (χ1v) is 9.27. The first-order chi connectivity index (χ1) is 11.9. The van der Waals surface area contributed by atoms with Gasteiger partial charge in [0, 0.05) is 50.4 Å². The van der Waals surface area contributed by atoms with Gasteiger partial charge < -0.3 is 15.1 Å². The van der Waals surface area contributed by atoms with Crippen molar-refractivity contribution in [3.8, 4) is 0 Å². The van der Waals surface area contributed by atoms with Gasteiger partial charge in [0.15, 0.2) is 0 Å². The van der Waals surface area contributed by atoms with Crippen LogP contribution in [0.4, 0.5) is 11.4 Å². The molecule has 0 bridgehead atoms. The Morgan fingerprint density at radius 3 is 2.44 bits per heavy atom. The quantitative estimate of drug-likeness (QED) is 0.782. The van der Waals surface area contributed by atoms with Gasteiger partial charge in [-0.1, -0.05) is 13.8 Å². The molecule has 2 amide bonds. The van der Waals surface area contributed by atoms with Crippen molar-refractivity contribution in [1.82, 2.24) is 4.90 Å². The summed E-state index contributed by atoms with van der Waals surface area (Å²) in [5, 5.41) is 3.01. The maximum atomic E-state index is 12.4. The summed E-state index contributed by atoms with van der Waals surface area (Å²) in [5.41, 5.74) is 2.94. The summed E-state index contributed by atoms with van der Waals surface area (Å²) < 4.78 is 0. The van der Waals surface area contributed by atoms with Gasteiger partial charge in [-0.25, -0.2) is 0 Å². The highest BCUT2D eigenvalue weighted by atomic mass is 16.2. The third-order valence-corrected chi connectivity index (χ3v) is 4.86. The van der Waals surface area contributed by atoms with Crippen molar-refractivity contribution in [3.05, 3.63) is 23.8 Å². The highest BCUT2D eigenvalue weighted by molar-refractivity contribution is 5.94. The molecule has 1 saturated carbocycles. The average Bonchev–Trinajstić information content (AvgIpc) is 3.43. The van der Waals surface area contributed by atoms with Crippen LogP contribution >= 0.6 is 0 Å². The second-order valence-corrected chi connectivity index (χ2v) is 7.13. The Bertz CT molecular complexity index is 623. The lowest BCUT2D eigenvalue weighted by atomic mass is 10.1. The molecule has 1 aliphatic rings. The molecule has 0 spiro atoms. The van der Waals surface area contributed by atoms with Gasteiger partial charge in [0.1, 0.15) is 0 Å². The molecule has 0 radical (unpaired) electrons. The SMILES string of the molecule is CCC(=O)N(Cc1cc(NC(=O)C2CC2)ccc1N(C)C)[C@H](C)CC. The Balaban J connectivity index is 2.27. The predicted molar refractivity (Wildman–Crippen MR) is 103 cm³/mol. The molecular weight excluding hydrogens is 314 g/mol. The zero-order valence-electron chi connectivity index (χ0n) is 16.1. The van der Waals surface area contributed by atoms with Crippen molar-refractivity contribution in [2.75, 3.05) is 24.3 Å². The van der Waals surface area contributed by atoms with Crippen molar-refractivity contribution in [2.45, 2.75) is 59.0 Å². The molecule has 1 fully saturated rings. The van der Waals surface area contributed by atoms with E-state index in [1.54, 1.807) is 0 Å². The van der Waals surface area contributed by atoms with Crippen molar-refractivity contribution in [3.63, 3.8) is 0 Å². The number of carbonyl (C=O) groups is 2. The first-order valence-electron chi connectivity index (χ1n) is 9.27. The van der Waals surface area contributed by atoms with E-state index in [1.165, 1.54) is 0 Å². The molecule has 0 heterocycles. The molecule has 1 N–H and O–H groups in total. The number of amides is 2. The second-order valence-electron chi connectivity index (χ2n) is 7.13. The van der Waals surface area contributed by atoms with Gasteiger partial charge in [-0.2, -0.15) is 0 Å². The van der Waals surface area contributed by atoms with Crippen molar-refractivity contribution >= 4 is 23.2 Å². The van der Waals surface area contributed by atoms with E-state index in [-0.39, 0.29) is 23.8 Å². The van der Waals surface area contributed by atoms with Gasteiger partial charge >= 0.3 is 0 Å². The molecule has 1 aromatic rings. The number of nitrogens with zero attached hydrogens (tertiary/aromatic N) is 2. The summed E-state index contributed by atoms with van der Waals surface area (Å²) in [5.74, 6) is 0.439. The van der Waals surface area contributed by atoms with Gasteiger partial charge in [-0.3, -0.25) is 9.59 Å². The Labute approximate surface area is 151 Å². The highest BCUT2D eigenvalue weighted by Gasteiger charge is 2.29. The molecule has 5 heteroatoms. The zero-order valence-corrected chi connectivity index (χ0v) is 16.1. The van der Waals surface area contributed by atoms with Crippen LogP contribution in [-0.2, 0) is 16.1 Å². The summed E-state index contributed by atoms with van der Waals surface area (Å²) in [6, 6.07) is 6.15. The second kappa shape index (κ2) is 8.37. The fourth-order valence-electron chi connectivity index (χ4n) is 2.91. The largest absolute Gasteiger partial charge is 0.377 e. The van der Waals surface area contributed by atoms with Crippen molar-refractivity contribution in [1.29, 1.82) is 0 Å². The maximum Gasteiger partial charge on any atom is 0.227 e. The van der Waals surface area contributed by atoms with Crippen LogP contribution in [0, 0.1) is 5.92 Å². The fraction of sp³-hybridized carbons (Fsp3) is 0.600. The molecule has 0 aliphatic heterocycles. The van der Waals surface area contributed by atoms with Crippen molar-refractivity contribution < 1.29 is 9.59 Å². The van der Waals surface area contributed by atoms with E-state index in [9.17, 15) is 9.59 Å². The molecule has 1 aromatic carbocycles. The number of anilines is 2. The van der Waals surface area contributed by atoms with E-state index in [2.05, 4.69) is 19.2 Å². The molecule has 0 unspecified atom stereocenters. The summed E-state index contributed by atoms with van der Waals surface area (Å²) in [6.45, 7) is 6.64. The monoisotopic (exact) mass is 345 g/mol. The van der Waals surface area contributed by atoms with Crippen LogP contribution in [-0.4, -0.2) is 36.9 Å². The van der Waals surface area contributed by atoms with Crippen LogP contribution in [0.25, 0.3) is 0 Å². The molecule has 2 rings (SSSR count). The number of hydrogen-bond donors (Lipinski definition) is 1. The molecule has 0 saturated heterocycles. The third kappa shape index (κ3) is 4.97. The number of rotatable bonds is 8. The third-order valence-electron chi connectivity index (χ3n) is 4.86. The maximum absolute atomic E-state index is 12.4. The zero-order chi connectivity index (χ0) is 18.6. The summed E-state index contributed by atoms with van der Waals surface area (Å²) in [6.07, 6.45) is 3.39. The number of carbonyl (C=O) groups excluding carboxylic acids is 2. The van der Waals surface area contributed by atoms with Crippen LogP contribution in [0.2, 0.25) is 0 Å². The number of benzene rings is 1. The molecule has 5 nitrogen and oxygen atoms in total. The minimum atomic E-state index is 0.104. The Morgan fingerprint density at radius 2 is 1.92 bits per heavy atom. The molecule has 25 heavy (non-hydrogen) atoms. The lowest BCUT2D eigenvalue weighted by Gasteiger charge is -2.30. The van der Waals surface area contributed by atoms with Crippen LogP contribution in [0.3, 0.4) is 0 Å². The van der Waals surface area contributed by atoms with E-state index in [1.807, 2.05) is 49.0 Å². The highest BCUT2D eigenvalue weighted by Crippen LogP contribution is 2.31. The minimum absolute atomic E-state index is 0.104. The summed E-state index contributed by atoms with van der Waals surface area (Å²) in [7, 11) is 3.99. The fourth-order valence-corrected chi connectivity index (χ4v) is 2.91. The Morgan fingerprint density at radius 1 is 1.24 bits per heavy atom. The standard InChI is InChI=1S/C20H31N3O2/c1-6-14(3)23(19(24)7-2)13-16-12-17(10-11-18(16)22(4)5)21-20(25)15-8-9-15/h10-12,14-15H,6-9,13H2,1-5H3,(H,21,25)/t14-/m1/s1.